The summed E-state index contributed by atoms with van der Waals surface area (Å²) in [6, 6.07) is 14.4. The van der Waals surface area contributed by atoms with E-state index in [1.807, 2.05) is 56.6 Å². The SMILES string of the molecule is Cc1nnn2c1-c1ccc(C3=CCN(C(=O)OC(C)(C)C)C3)cc1C(Nc1cccc(Cl)c1)CC2. The van der Waals surface area contributed by atoms with Crippen molar-refractivity contribution in [3.8, 4) is 11.3 Å². The van der Waals surface area contributed by atoms with Crippen LogP contribution in [0.15, 0.2) is 48.5 Å². The van der Waals surface area contributed by atoms with Crippen LogP contribution in [-0.4, -0.2) is 44.7 Å². The Kier molecular flexibility index (Phi) is 6.05. The van der Waals surface area contributed by atoms with Crippen LogP contribution in [0, 0.1) is 6.92 Å². The summed E-state index contributed by atoms with van der Waals surface area (Å²) in [6.07, 6.45) is 2.67. The minimum atomic E-state index is -0.516. The number of carbonyl (C=O) groups is 1. The fourth-order valence-electron chi connectivity index (χ4n) is 4.72. The van der Waals surface area contributed by atoms with Crippen LogP contribution in [0.4, 0.5) is 10.5 Å². The highest BCUT2D eigenvalue weighted by Crippen LogP contribution is 2.39. The molecule has 0 bridgehead atoms. The van der Waals surface area contributed by atoms with E-state index in [1.165, 1.54) is 5.56 Å². The Morgan fingerprint density at radius 3 is 2.80 bits per heavy atom. The van der Waals surface area contributed by atoms with Gasteiger partial charge in [0, 0.05) is 35.9 Å². The Morgan fingerprint density at radius 2 is 2.03 bits per heavy atom. The third-order valence-electron chi connectivity index (χ3n) is 6.32. The number of aryl methyl sites for hydroxylation is 2. The molecule has 182 valence electrons. The van der Waals surface area contributed by atoms with Crippen molar-refractivity contribution in [1.29, 1.82) is 0 Å². The van der Waals surface area contributed by atoms with Crippen LogP contribution in [0.5, 0.6) is 0 Å². The largest absolute Gasteiger partial charge is 0.444 e. The lowest BCUT2D eigenvalue weighted by molar-refractivity contribution is 0.0306. The predicted octanol–water partition coefficient (Wildman–Crippen LogP) is 6.10. The molecule has 1 atom stereocenters. The molecule has 1 aromatic heterocycles. The van der Waals surface area contributed by atoms with Gasteiger partial charge in [-0.1, -0.05) is 41.1 Å². The molecule has 0 aliphatic carbocycles. The Morgan fingerprint density at radius 1 is 1.20 bits per heavy atom. The van der Waals surface area contributed by atoms with Crippen molar-refractivity contribution in [1.82, 2.24) is 19.9 Å². The van der Waals surface area contributed by atoms with E-state index in [0.29, 0.717) is 18.1 Å². The van der Waals surface area contributed by atoms with Gasteiger partial charge >= 0.3 is 6.09 Å². The van der Waals surface area contributed by atoms with Crippen LogP contribution in [0.25, 0.3) is 16.8 Å². The van der Waals surface area contributed by atoms with Crippen molar-refractivity contribution in [3.63, 3.8) is 0 Å². The first kappa shape index (κ1) is 23.4. The zero-order valence-corrected chi connectivity index (χ0v) is 21.3. The highest BCUT2D eigenvalue weighted by molar-refractivity contribution is 6.30. The lowest BCUT2D eigenvalue weighted by Crippen LogP contribution is -2.35. The Labute approximate surface area is 210 Å². The minimum absolute atomic E-state index is 0.0634. The van der Waals surface area contributed by atoms with Crippen LogP contribution >= 0.6 is 11.6 Å². The summed E-state index contributed by atoms with van der Waals surface area (Å²) in [7, 11) is 0. The van der Waals surface area contributed by atoms with E-state index in [9.17, 15) is 4.79 Å². The minimum Gasteiger partial charge on any atom is -0.444 e. The maximum absolute atomic E-state index is 12.6. The molecule has 3 heterocycles. The molecule has 3 aromatic rings. The highest BCUT2D eigenvalue weighted by Gasteiger charge is 2.29. The van der Waals surface area contributed by atoms with Gasteiger partial charge in [0.15, 0.2) is 0 Å². The van der Waals surface area contributed by atoms with Crippen molar-refractivity contribution in [2.24, 2.45) is 0 Å². The first-order valence-electron chi connectivity index (χ1n) is 11.9. The number of hydrogen-bond donors (Lipinski definition) is 1. The van der Waals surface area contributed by atoms with E-state index >= 15 is 0 Å². The number of hydrogen-bond acceptors (Lipinski definition) is 5. The van der Waals surface area contributed by atoms with Crippen LogP contribution in [0.2, 0.25) is 5.02 Å². The van der Waals surface area contributed by atoms with E-state index in [-0.39, 0.29) is 12.1 Å². The number of halogens is 1. The highest BCUT2D eigenvalue weighted by atomic mass is 35.5. The number of rotatable bonds is 3. The molecule has 1 N–H and O–H groups in total. The number of fused-ring (bicyclic) bond motifs is 3. The Hall–Kier alpha value is -3.32. The number of benzene rings is 2. The summed E-state index contributed by atoms with van der Waals surface area (Å²) in [5.41, 5.74) is 6.96. The summed E-state index contributed by atoms with van der Waals surface area (Å²) in [5.74, 6) is 0. The van der Waals surface area contributed by atoms with Gasteiger partial charge < -0.3 is 15.0 Å². The van der Waals surface area contributed by atoms with Crippen LogP contribution < -0.4 is 5.32 Å². The average molecular weight is 492 g/mol. The van der Waals surface area contributed by atoms with Crippen molar-refractivity contribution in [3.05, 3.63) is 70.4 Å². The van der Waals surface area contributed by atoms with E-state index in [0.717, 1.165) is 46.7 Å². The molecular formula is C27H30ClN5O2. The smallest absolute Gasteiger partial charge is 0.410 e. The van der Waals surface area contributed by atoms with Gasteiger partial charge in [-0.3, -0.25) is 0 Å². The fourth-order valence-corrected chi connectivity index (χ4v) is 4.91. The van der Waals surface area contributed by atoms with Crippen LogP contribution in [0.3, 0.4) is 0 Å². The first-order chi connectivity index (χ1) is 16.7. The van der Waals surface area contributed by atoms with Crippen molar-refractivity contribution < 1.29 is 9.53 Å². The molecular weight excluding hydrogens is 462 g/mol. The molecule has 0 saturated heterocycles. The third-order valence-corrected chi connectivity index (χ3v) is 6.56. The quantitative estimate of drug-likeness (QED) is 0.479. The lowest BCUT2D eigenvalue weighted by Gasteiger charge is -2.24. The van der Waals surface area contributed by atoms with E-state index < -0.39 is 5.60 Å². The maximum Gasteiger partial charge on any atom is 0.410 e. The normalized spacial score (nSPS) is 17.3. The Balaban J connectivity index is 1.48. The number of aromatic nitrogens is 3. The van der Waals surface area contributed by atoms with Crippen LogP contribution in [-0.2, 0) is 11.3 Å². The molecule has 35 heavy (non-hydrogen) atoms. The lowest BCUT2D eigenvalue weighted by atomic mass is 9.92. The Bertz CT molecular complexity index is 1310. The maximum atomic E-state index is 12.6. The number of nitrogens with one attached hydrogen (secondary N) is 1. The summed E-state index contributed by atoms with van der Waals surface area (Å²) in [6.45, 7) is 9.48. The number of nitrogens with zero attached hydrogens (tertiary/aromatic N) is 4. The molecule has 5 rings (SSSR count). The van der Waals surface area contributed by atoms with Gasteiger partial charge in [-0.2, -0.15) is 0 Å². The summed E-state index contributed by atoms with van der Waals surface area (Å²) in [4.78, 5) is 14.3. The van der Waals surface area contributed by atoms with Crippen molar-refractivity contribution in [2.45, 2.75) is 52.3 Å². The summed E-state index contributed by atoms with van der Waals surface area (Å²) >= 11 is 6.25. The fraction of sp³-hybridized carbons (Fsp3) is 0.370. The molecule has 0 spiro atoms. The molecule has 1 amide bonds. The zero-order chi connectivity index (χ0) is 24.7. The van der Waals surface area contributed by atoms with Gasteiger partial charge in [0.2, 0.25) is 0 Å². The molecule has 8 heteroatoms. The topological polar surface area (TPSA) is 72.3 Å². The zero-order valence-electron chi connectivity index (χ0n) is 20.5. The van der Waals surface area contributed by atoms with Crippen LogP contribution in [0.1, 0.15) is 50.1 Å². The summed E-state index contributed by atoms with van der Waals surface area (Å²) < 4.78 is 7.56. The van der Waals surface area contributed by atoms with Crippen molar-refractivity contribution in [2.75, 3.05) is 18.4 Å². The van der Waals surface area contributed by atoms with Gasteiger partial charge in [0.25, 0.3) is 0 Å². The monoisotopic (exact) mass is 491 g/mol. The number of carbonyl (C=O) groups excluding carboxylic acids is 1. The molecule has 2 aliphatic heterocycles. The van der Waals surface area contributed by atoms with Gasteiger partial charge in [-0.05, 0) is 75.1 Å². The van der Waals surface area contributed by atoms with Crippen molar-refractivity contribution >= 4 is 29.0 Å². The number of amides is 1. The van der Waals surface area contributed by atoms with E-state index in [4.69, 9.17) is 16.3 Å². The average Bonchev–Trinajstić information content (AvgIpc) is 3.39. The second-order valence-electron chi connectivity index (χ2n) is 10.1. The molecule has 0 radical (unpaired) electrons. The van der Waals surface area contributed by atoms with Gasteiger partial charge in [0.1, 0.15) is 5.60 Å². The molecule has 2 aliphatic rings. The predicted molar refractivity (Wildman–Crippen MR) is 138 cm³/mol. The van der Waals surface area contributed by atoms with Gasteiger partial charge in [-0.15, -0.1) is 5.10 Å². The first-order valence-corrected chi connectivity index (χ1v) is 12.3. The second kappa shape index (κ2) is 9.04. The molecule has 1 unspecified atom stereocenters. The molecule has 2 aromatic carbocycles. The molecule has 0 saturated carbocycles. The number of anilines is 1. The van der Waals surface area contributed by atoms with Gasteiger partial charge in [-0.25, -0.2) is 9.48 Å². The second-order valence-corrected chi connectivity index (χ2v) is 10.6. The standard InChI is InChI=1S/C27H30ClN5O2/c1-17-25-22-9-8-18(19-10-12-32(16-19)26(34)35-27(2,3)4)14-23(22)24(11-13-33(25)31-30-17)29-21-7-5-6-20(28)15-21/h5-10,14-15,24,29H,11-13,16H2,1-4H3. The molecule has 0 fully saturated rings. The molecule has 7 nitrogen and oxygen atoms in total. The summed E-state index contributed by atoms with van der Waals surface area (Å²) in [5, 5.41) is 13.1. The van der Waals surface area contributed by atoms with E-state index in [1.54, 1.807) is 4.90 Å². The van der Waals surface area contributed by atoms with Gasteiger partial charge in [0.05, 0.1) is 17.4 Å². The third kappa shape index (κ3) is 4.91. The number of ether oxygens (including phenoxy) is 1. The van der Waals surface area contributed by atoms with E-state index in [2.05, 4.69) is 39.9 Å².